The molecule has 0 aliphatic carbocycles. The Morgan fingerprint density at radius 2 is 1.91 bits per heavy atom. The van der Waals surface area contributed by atoms with Gasteiger partial charge in [0.15, 0.2) is 0 Å². The molecular formula is C17H21N2O2S+. The summed E-state index contributed by atoms with van der Waals surface area (Å²) in [6.07, 6.45) is 2.96. The molecule has 1 aliphatic heterocycles. The van der Waals surface area contributed by atoms with Crippen molar-refractivity contribution in [3.8, 4) is 11.1 Å². The number of sulfonamides is 1. The van der Waals surface area contributed by atoms with E-state index in [0.717, 1.165) is 17.5 Å². The molecule has 2 aromatic rings. The molecule has 0 amide bonds. The highest BCUT2D eigenvalue weighted by molar-refractivity contribution is 7.92. The van der Waals surface area contributed by atoms with Crippen molar-refractivity contribution >= 4 is 15.8 Å². The van der Waals surface area contributed by atoms with Crippen LogP contribution in [-0.4, -0.2) is 14.2 Å². The van der Waals surface area contributed by atoms with E-state index in [1.54, 1.807) is 0 Å². The van der Waals surface area contributed by atoms with E-state index < -0.39 is 10.0 Å². The van der Waals surface area contributed by atoms with E-state index in [0.29, 0.717) is 18.3 Å². The minimum Gasteiger partial charge on any atom is -0.232 e. The average Bonchev–Trinajstić information content (AvgIpc) is 2.46. The molecule has 0 atom stereocenters. The molecule has 1 N–H and O–H groups in total. The minimum absolute atomic E-state index is 0.126. The van der Waals surface area contributed by atoms with Gasteiger partial charge in [0.2, 0.25) is 0 Å². The third kappa shape index (κ3) is 3.14. The second-order valence-electron chi connectivity index (χ2n) is 6.18. The number of benzene rings is 1. The zero-order chi connectivity index (χ0) is 15.7. The van der Waals surface area contributed by atoms with E-state index in [9.17, 15) is 8.42 Å². The Hall–Kier alpha value is -1.88. The fourth-order valence-corrected chi connectivity index (χ4v) is 3.85. The van der Waals surface area contributed by atoms with E-state index in [2.05, 4.69) is 42.8 Å². The van der Waals surface area contributed by atoms with Crippen LogP contribution in [0.1, 0.15) is 19.4 Å². The first kappa shape index (κ1) is 15.0. The first-order valence-corrected chi connectivity index (χ1v) is 9.22. The van der Waals surface area contributed by atoms with Crippen molar-refractivity contribution in [2.75, 3.05) is 10.5 Å². The summed E-state index contributed by atoms with van der Waals surface area (Å²) in [4.78, 5) is 0. The third-order valence-electron chi connectivity index (χ3n) is 3.83. The monoisotopic (exact) mass is 317 g/mol. The van der Waals surface area contributed by atoms with Gasteiger partial charge < -0.3 is 0 Å². The van der Waals surface area contributed by atoms with E-state index >= 15 is 0 Å². The highest BCUT2D eigenvalue weighted by Gasteiger charge is 2.29. The lowest BCUT2D eigenvalue weighted by Gasteiger charge is -2.16. The summed E-state index contributed by atoms with van der Waals surface area (Å²) in [5.74, 6) is 1.41. The molecule has 0 bridgehead atoms. The number of rotatable bonds is 3. The van der Waals surface area contributed by atoms with Crippen LogP contribution in [0.5, 0.6) is 0 Å². The molecule has 1 aromatic carbocycles. The van der Waals surface area contributed by atoms with Gasteiger partial charge in [-0.2, -0.15) is 13.1 Å². The number of aromatic nitrogens is 1. The van der Waals surface area contributed by atoms with Gasteiger partial charge in [-0.3, -0.25) is 0 Å². The molecule has 0 fully saturated rings. The molecule has 3 rings (SSSR count). The number of nitrogens with one attached hydrogen (secondary N) is 1. The summed E-state index contributed by atoms with van der Waals surface area (Å²) in [5, 5.41) is 0. The van der Waals surface area contributed by atoms with Crippen molar-refractivity contribution in [2.24, 2.45) is 5.92 Å². The minimum atomic E-state index is -3.22. The summed E-state index contributed by atoms with van der Waals surface area (Å²) in [6.45, 7) is 4.89. The maximum atomic E-state index is 11.8. The van der Waals surface area contributed by atoms with Gasteiger partial charge >= 0.3 is 10.0 Å². The number of hydrogen-bond acceptors (Lipinski definition) is 2. The predicted octanol–water partition coefficient (Wildman–Crippen LogP) is 2.59. The summed E-state index contributed by atoms with van der Waals surface area (Å²) in [6, 6.07) is 12.3. The number of aryl methyl sites for hydroxylation is 1. The fourth-order valence-electron chi connectivity index (χ4n) is 2.79. The van der Waals surface area contributed by atoms with E-state index in [1.807, 2.05) is 22.9 Å². The van der Waals surface area contributed by atoms with E-state index in [4.69, 9.17) is 0 Å². The lowest BCUT2D eigenvalue weighted by atomic mass is 9.99. The van der Waals surface area contributed by atoms with Crippen LogP contribution in [-0.2, 0) is 23.0 Å². The average molecular weight is 317 g/mol. The standard InChI is InChI=1S/C17H20N2O2S/c1-13(2)12-14-5-7-15(8-6-14)16-4-3-9-19-10-11-22(20,21)18-17(16)19/h3-9,13H,10-12H2,1-2H3/p+1. The van der Waals surface area contributed by atoms with E-state index in [-0.39, 0.29) is 5.75 Å². The Kier molecular flexibility index (Phi) is 3.91. The zero-order valence-corrected chi connectivity index (χ0v) is 13.7. The summed E-state index contributed by atoms with van der Waals surface area (Å²) in [7, 11) is -3.22. The molecule has 0 spiro atoms. The number of anilines is 1. The Balaban J connectivity index is 1.99. The van der Waals surface area contributed by atoms with Crippen molar-refractivity contribution in [2.45, 2.75) is 26.8 Å². The lowest BCUT2D eigenvalue weighted by molar-refractivity contribution is -0.679. The predicted molar refractivity (Wildman–Crippen MR) is 88.0 cm³/mol. The molecule has 116 valence electrons. The van der Waals surface area contributed by atoms with E-state index in [1.165, 1.54) is 5.56 Å². The Morgan fingerprint density at radius 3 is 2.59 bits per heavy atom. The van der Waals surface area contributed by atoms with Gasteiger partial charge in [-0.1, -0.05) is 38.1 Å². The molecule has 0 saturated heterocycles. The quantitative estimate of drug-likeness (QED) is 0.885. The van der Waals surface area contributed by atoms with Crippen LogP contribution in [0.3, 0.4) is 0 Å². The van der Waals surface area contributed by atoms with Crippen LogP contribution in [0.2, 0.25) is 0 Å². The van der Waals surface area contributed by atoms with Gasteiger partial charge in [0.1, 0.15) is 12.3 Å². The molecular weight excluding hydrogens is 296 g/mol. The second-order valence-corrected chi connectivity index (χ2v) is 8.02. The van der Waals surface area contributed by atoms with Crippen LogP contribution in [0.4, 0.5) is 5.82 Å². The third-order valence-corrected chi connectivity index (χ3v) is 5.06. The molecule has 1 aliphatic rings. The van der Waals surface area contributed by atoms with Crippen LogP contribution in [0, 0.1) is 5.92 Å². The van der Waals surface area contributed by atoms with Crippen molar-refractivity contribution in [3.05, 3.63) is 48.2 Å². The van der Waals surface area contributed by atoms with Gasteiger partial charge in [0.25, 0.3) is 5.82 Å². The van der Waals surface area contributed by atoms with Crippen LogP contribution in [0.25, 0.3) is 11.1 Å². The van der Waals surface area contributed by atoms with Crippen molar-refractivity contribution in [1.82, 2.24) is 0 Å². The molecule has 0 saturated carbocycles. The normalized spacial score (nSPS) is 16.1. The topological polar surface area (TPSA) is 50.1 Å². The highest BCUT2D eigenvalue weighted by atomic mass is 32.2. The molecule has 0 radical (unpaired) electrons. The van der Waals surface area contributed by atoms with Crippen molar-refractivity contribution in [1.29, 1.82) is 0 Å². The number of fused-ring (bicyclic) bond motifs is 1. The molecule has 1 aromatic heterocycles. The first-order chi connectivity index (χ1) is 10.4. The zero-order valence-electron chi connectivity index (χ0n) is 12.9. The second kappa shape index (κ2) is 5.72. The first-order valence-electron chi connectivity index (χ1n) is 7.57. The number of pyridine rings is 1. The lowest BCUT2D eigenvalue weighted by Crippen LogP contribution is -2.47. The number of hydrogen-bond donors (Lipinski definition) is 1. The Bertz CT molecular complexity index is 781. The highest BCUT2D eigenvalue weighted by Crippen LogP contribution is 2.27. The Morgan fingerprint density at radius 1 is 1.18 bits per heavy atom. The molecule has 4 nitrogen and oxygen atoms in total. The van der Waals surface area contributed by atoms with Gasteiger partial charge in [-0.15, -0.1) is 0 Å². The van der Waals surface area contributed by atoms with Crippen molar-refractivity contribution < 1.29 is 13.0 Å². The molecule has 2 heterocycles. The fraction of sp³-hybridized carbons (Fsp3) is 0.353. The van der Waals surface area contributed by atoms with Crippen LogP contribution >= 0.6 is 0 Å². The van der Waals surface area contributed by atoms with Gasteiger partial charge in [-0.05, 0) is 35.6 Å². The van der Waals surface area contributed by atoms with Crippen LogP contribution in [0.15, 0.2) is 42.6 Å². The smallest absolute Gasteiger partial charge is 0.232 e. The van der Waals surface area contributed by atoms with Gasteiger partial charge in [0, 0.05) is 0 Å². The SMILES string of the molecule is CC(C)Cc1ccc(-c2ccc[n+]3c2NS(=O)(=O)CC3)cc1. The molecule has 5 heteroatoms. The van der Waals surface area contributed by atoms with Gasteiger partial charge in [0.05, 0.1) is 11.8 Å². The molecule has 22 heavy (non-hydrogen) atoms. The molecule has 0 unspecified atom stereocenters. The summed E-state index contributed by atoms with van der Waals surface area (Å²) in [5.41, 5.74) is 3.25. The van der Waals surface area contributed by atoms with Crippen LogP contribution < -0.4 is 9.29 Å². The largest absolute Gasteiger partial charge is 0.302 e. The Labute approximate surface area is 131 Å². The number of nitrogens with zero attached hydrogens (tertiary/aromatic N) is 1. The summed E-state index contributed by atoms with van der Waals surface area (Å²) < 4.78 is 28.3. The summed E-state index contributed by atoms with van der Waals surface area (Å²) >= 11 is 0. The maximum absolute atomic E-state index is 11.8. The van der Waals surface area contributed by atoms with Gasteiger partial charge in [-0.25, -0.2) is 4.57 Å². The van der Waals surface area contributed by atoms with Crippen molar-refractivity contribution in [3.63, 3.8) is 0 Å². The maximum Gasteiger partial charge on any atom is 0.302 e.